The molecule has 23 heavy (non-hydrogen) atoms. The number of hydrogen-bond acceptors (Lipinski definition) is 4. The lowest BCUT2D eigenvalue weighted by molar-refractivity contribution is 0.573. The van der Waals surface area contributed by atoms with Gasteiger partial charge in [0.05, 0.1) is 17.4 Å². The molecule has 4 rings (SSSR count). The fourth-order valence-electron chi connectivity index (χ4n) is 2.26. The van der Waals surface area contributed by atoms with E-state index < -0.39 is 0 Å². The summed E-state index contributed by atoms with van der Waals surface area (Å²) in [4.78, 5) is 8.96. The monoisotopic (exact) mass is 341 g/mol. The summed E-state index contributed by atoms with van der Waals surface area (Å²) < 4.78 is 7.61. The van der Waals surface area contributed by atoms with Crippen molar-refractivity contribution in [1.82, 2.24) is 14.4 Å². The van der Waals surface area contributed by atoms with E-state index in [4.69, 9.17) is 16.0 Å². The highest BCUT2D eigenvalue weighted by atomic mass is 35.5. The van der Waals surface area contributed by atoms with Crippen LogP contribution < -0.4 is 0 Å². The van der Waals surface area contributed by atoms with E-state index in [9.17, 15) is 0 Å². The first-order valence-electron chi connectivity index (χ1n) is 7.05. The lowest BCUT2D eigenvalue weighted by atomic mass is 10.2. The highest BCUT2D eigenvalue weighted by Gasteiger charge is 2.09. The van der Waals surface area contributed by atoms with Gasteiger partial charge in [0.15, 0.2) is 5.16 Å². The Labute approximate surface area is 142 Å². The van der Waals surface area contributed by atoms with Crippen LogP contribution >= 0.6 is 23.4 Å². The first-order valence-corrected chi connectivity index (χ1v) is 8.41. The van der Waals surface area contributed by atoms with Crippen LogP contribution in [0.5, 0.6) is 0 Å². The van der Waals surface area contributed by atoms with Crippen molar-refractivity contribution in [1.29, 1.82) is 0 Å². The Morgan fingerprint density at radius 1 is 1.13 bits per heavy atom. The Hall–Kier alpha value is -2.24. The molecule has 6 heteroatoms. The van der Waals surface area contributed by atoms with Crippen LogP contribution in [0.3, 0.4) is 0 Å². The summed E-state index contributed by atoms with van der Waals surface area (Å²) >= 11 is 7.52. The Morgan fingerprint density at radius 2 is 2.00 bits per heavy atom. The van der Waals surface area contributed by atoms with Gasteiger partial charge in [-0.15, -0.1) is 0 Å². The van der Waals surface area contributed by atoms with Gasteiger partial charge in [-0.25, -0.2) is 9.97 Å². The van der Waals surface area contributed by atoms with Crippen LogP contribution in [-0.4, -0.2) is 14.4 Å². The van der Waals surface area contributed by atoms with Crippen molar-refractivity contribution in [3.05, 3.63) is 71.8 Å². The lowest BCUT2D eigenvalue weighted by Gasteiger charge is -1.98. The molecule has 0 atom stereocenters. The number of hydrogen-bond donors (Lipinski definition) is 0. The molecule has 4 aromatic rings. The summed E-state index contributed by atoms with van der Waals surface area (Å²) in [6.45, 7) is 0. The molecule has 1 aromatic carbocycles. The van der Waals surface area contributed by atoms with Gasteiger partial charge in [0.25, 0.3) is 0 Å². The second kappa shape index (κ2) is 6.10. The number of fused-ring (bicyclic) bond motifs is 1. The van der Waals surface area contributed by atoms with E-state index in [0.29, 0.717) is 16.7 Å². The molecule has 0 amide bonds. The minimum Gasteiger partial charge on any atom is -0.444 e. The highest BCUT2D eigenvalue weighted by Crippen LogP contribution is 2.25. The van der Waals surface area contributed by atoms with Gasteiger partial charge < -0.3 is 4.42 Å². The maximum atomic E-state index is 5.90. The van der Waals surface area contributed by atoms with Crippen molar-refractivity contribution in [2.24, 2.45) is 0 Å². The largest absolute Gasteiger partial charge is 0.444 e. The molecule has 114 valence electrons. The third-order valence-electron chi connectivity index (χ3n) is 3.40. The van der Waals surface area contributed by atoms with Crippen LogP contribution in [0.25, 0.3) is 17.0 Å². The molecule has 0 N–H and O–H groups in total. The molecule has 0 aliphatic rings. The number of thioether (sulfide) groups is 1. The third-order valence-corrected chi connectivity index (χ3v) is 4.65. The lowest BCUT2D eigenvalue weighted by Crippen LogP contribution is -1.88. The number of aromatic nitrogens is 3. The molecule has 4 nitrogen and oxygen atoms in total. The van der Waals surface area contributed by atoms with Crippen LogP contribution in [0, 0.1) is 0 Å². The van der Waals surface area contributed by atoms with Gasteiger partial charge in [-0.05, 0) is 36.4 Å². The zero-order chi connectivity index (χ0) is 15.6. The Morgan fingerprint density at radius 3 is 2.87 bits per heavy atom. The predicted octanol–water partition coefficient (Wildman–Crippen LogP) is 4.94. The third kappa shape index (κ3) is 2.98. The molecule has 0 unspecified atom stereocenters. The van der Waals surface area contributed by atoms with E-state index in [0.717, 1.165) is 21.9 Å². The van der Waals surface area contributed by atoms with Crippen LogP contribution in [0.2, 0.25) is 5.02 Å². The summed E-state index contributed by atoms with van der Waals surface area (Å²) in [6.07, 6.45) is 5.56. The molecule has 3 aromatic heterocycles. The molecule has 0 saturated heterocycles. The summed E-state index contributed by atoms with van der Waals surface area (Å²) in [6, 6.07) is 13.5. The molecule has 3 heterocycles. The van der Waals surface area contributed by atoms with E-state index in [-0.39, 0.29) is 0 Å². The van der Waals surface area contributed by atoms with E-state index in [1.54, 1.807) is 18.0 Å². The van der Waals surface area contributed by atoms with E-state index in [2.05, 4.69) is 14.4 Å². The molecule has 0 saturated carbocycles. The van der Waals surface area contributed by atoms with Crippen molar-refractivity contribution in [3.63, 3.8) is 0 Å². The van der Waals surface area contributed by atoms with Gasteiger partial charge in [0.1, 0.15) is 6.26 Å². The normalized spacial score (nSPS) is 11.2. The SMILES string of the molecule is Clc1ccc(-c2nc(CSc3ncc4ccccn34)co2)cc1. The van der Waals surface area contributed by atoms with Crippen LogP contribution in [0.15, 0.2) is 70.7 Å². The second-order valence-corrected chi connectivity index (χ2v) is 6.35. The maximum Gasteiger partial charge on any atom is 0.226 e. The molecule has 0 spiro atoms. The minimum atomic E-state index is 0.602. The van der Waals surface area contributed by atoms with Crippen molar-refractivity contribution < 1.29 is 4.42 Å². The molecule has 0 aliphatic carbocycles. The van der Waals surface area contributed by atoms with E-state index >= 15 is 0 Å². The van der Waals surface area contributed by atoms with Gasteiger partial charge in [0, 0.05) is 22.5 Å². The number of halogens is 1. The fraction of sp³-hybridized carbons (Fsp3) is 0.0588. The summed E-state index contributed by atoms with van der Waals surface area (Å²) in [5, 5.41) is 1.64. The van der Waals surface area contributed by atoms with E-state index in [1.165, 1.54) is 0 Å². The first-order chi connectivity index (χ1) is 11.3. The molecule has 0 aliphatic heterocycles. The van der Waals surface area contributed by atoms with Crippen LogP contribution in [-0.2, 0) is 5.75 Å². The Kier molecular flexibility index (Phi) is 3.81. The van der Waals surface area contributed by atoms with Crippen molar-refractivity contribution in [2.75, 3.05) is 0 Å². The summed E-state index contributed by atoms with van der Waals surface area (Å²) in [7, 11) is 0. The Balaban J connectivity index is 1.51. The topological polar surface area (TPSA) is 43.3 Å². The molecular weight excluding hydrogens is 330 g/mol. The van der Waals surface area contributed by atoms with Crippen molar-refractivity contribution in [3.8, 4) is 11.5 Å². The number of rotatable bonds is 4. The molecule has 0 fully saturated rings. The standard InChI is InChI=1S/C17H12ClN3OS/c18-13-6-4-12(5-7-13)16-20-14(10-22-16)11-23-17-19-9-15-3-1-2-8-21(15)17/h1-10H,11H2. The van der Waals surface area contributed by atoms with Gasteiger partial charge in [-0.1, -0.05) is 29.4 Å². The quantitative estimate of drug-likeness (QED) is 0.493. The fourth-order valence-corrected chi connectivity index (χ4v) is 3.23. The maximum absolute atomic E-state index is 5.90. The average Bonchev–Trinajstić information content (AvgIpc) is 3.20. The predicted molar refractivity (Wildman–Crippen MR) is 91.7 cm³/mol. The Bertz CT molecular complexity index is 946. The summed E-state index contributed by atoms with van der Waals surface area (Å²) in [5.41, 5.74) is 2.88. The van der Waals surface area contributed by atoms with Gasteiger partial charge in [-0.2, -0.15) is 0 Å². The zero-order valence-corrected chi connectivity index (χ0v) is 13.6. The molecule has 0 radical (unpaired) electrons. The van der Waals surface area contributed by atoms with Crippen LogP contribution in [0.1, 0.15) is 5.69 Å². The number of imidazole rings is 1. The average molecular weight is 342 g/mol. The molecule has 0 bridgehead atoms. The van der Waals surface area contributed by atoms with Gasteiger partial charge >= 0.3 is 0 Å². The van der Waals surface area contributed by atoms with Crippen LogP contribution in [0.4, 0.5) is 0 Å². The van der Waals surface area contributed by atoms with Gasteiger partial charge in [0.2, 0.25) is 5.89 Å². The zero-order valence-electron chi connectivity index (χ0n) is 12.0. The van der Waals surface area contributed by atoms with Gasteiger partial charge in [-0.3, -0.25) is 4.40 Å². The molecular formula is C17H12ClN3OS. The number of nitrogens with zero attached hydrogens (tertiary/aromatic N) is 3. The minimum absolute atomic E-state index is 0.602. The smallest absolute Gasteiger partial charge is 0.226 e. The second-order valence-electron chi connectivity index (χ2n) is 4.98. The number of benzene rings is 1. The number of oxazole rings is 1. The number of pyridine rings is 1. The van der Waals surface area contributed by atoms with E-state index in [1.807, 2.05) is 54.9 Å². The summed E-state index contributed by atoms with van der Waals surface area (Å²) in [5.74, 6) is 1.30. The first kappa shape index (κ1) is 14.4. The van der Waals surface area contributed by atoms with Crippen molar-refractivity contribution in [2.45, 2.75) is 10.9 Å². The highest BCUT2D eigenvalue weighted by molar-refractivity contribution is 7.98. The van der Waals surface area contributed by atoms with Crippen molar-refractivity contribution >= 4 is 28.9 Å².